The van der Waals surface area contributed by atoms with Gasteiger partial charge in [0.2, 0.25) is 0 Å². The van der Waals surface area contributed by atoms with Gasteiger partial charge in [0.15, 0.2) is 0 Å². The fraction of sp³-hybridized carbons (Fsp3) is 0.545. The molecular formula is C11H19N2P. The molecule has 14 heavy (non-hydrogen) atoms. The molecule has 1 fully saturated rings. The summed E-state index contributed by atoms with van der Waals surface area (Å²) >= 11 is 0. The zero-order valence-electron chi connectivity index (χ0n) is 8.84. The smallest absolute Gasteiger partial charge is 0.0385 e. The van der Waals surface area contributed by atoms with Crippen molar-refractivity contribution in [2.24, 2.45) is 0 Å². The Morgan fingerprint density at radius 2 is 1.93 bits per heavy atom. The molecule has 0 saturated carbocycles. The first-order chi connectivity index (χ1) is 6.66. The predicted molar refractivity (Wildman–Crippen MR) is 65.8 cm³/mol. The van der Waals surface area contributed by atoms with Crippen molar-refractivity contribution in [3.05, 3.63) is 23.2 Å². The number of hydrogen-bond donors (Lipinski definition) is 1. The average molecular weight is 210 g/mol. The standard InChI is InChI=1S/C11H19N2P/c1-9(11(8-12)10(2)14)13-6-4-3-5-7-13/h8,12H,1,3-7,14H2,2H3/b11-10+,12-8?. The molecule has 0 radical (unpaired) electrons. The topological polar surface area (TPSA) is 27.1 Å². The first-order valence-electron chi connectivity index (χ1n) is 5.08. The molecule has 1 heterocycles. The van der Waals surface area contributed by atoms with Gasteiger partial charge in [-0.25, -0.2) is 0 Å². The molecule has 0 bridgehead atoms. The third kappa shape index (κ3) is 2.68. The van der Waals surface area contributed by atoms with Crippen LogP contribution in [0.2, 0.25) is 0 Å². The van der Waals surface area contributed by atoms with Gasteiger partial charge in [0.25, 0.3) is 0 Å². The Hall–Kier alpha value is -0.620. The summed E-state index contributed by atoms with van der Waals surface area (Å²) in [7, 11) is 2.65. The molecule has 0 aromatic carbocycles. The van der Waals surface area contributed by atoms with Gasteiger partial charge in [0, 0.05) is 30.6 Å². The van der Waals surface area contributed by atoms with E-state index in [0.717, 1.165) is 29.7 Å². The van der Waals surface area contributed by atoms with Crippen molar-refractivity contribution in [2.75, 3.05) is 13.1 Å². The van der Waals surface area contributed by atoms with E-state index in [0.29, 0.717) is 0 Å². The summed E-state index contributed by atoms with van der Waals surface area (Å²) in [6, 6.07) is 0. The minimum atomic E-state index is 0.955. The number of likely N-dealkylation sites (tertiary alicyclic amines) is 1. The van der Waals surface area contributed by atoms with Crippen molar-refractivity contribution in [2.45, 2.75) is 26.2 Å². The fourth-order valence-corrected chi connectivity index (χ4v) is 2.01. The van der Waals surface area contributed by atoms with Crippen molar-refractivity contribution < 1.29 is 0 Å². The predicted octanol–water partition coefficient (Wildman–Crippen LogP) is 2.78. The summed E-state index contributed by atoms with van der Waals surface area (Å²) in [6.07, 6.45) is 5.23. The Morgan fingerprint density at radius 1 is 1.36 bits per heavy atom. The second-order valence-electron chi connectivity index (χ2n) is 3.74. The van der Waals surface area contributed by atoms with E-state index in [9.17, 15) is 0 Å². The van der Waals surface area contributed by atoms with Crippen molar-refractivity contribution in [3.63, 3.8) is 0 Å². The van der Waals surface area contributed by atoms with E-state index in [-0.39, 0.29) is 0 Å². The van der Waals surface area contributed by atoms with Crippen LogP contribution in [0.3, 0.4) is 0 Å². The van der Waals surface area contributed by atoms with E-state index in [1.54, 1.807) is 0 Å². The van der Waals surface area contributed by atoms with Gasteiger partial charge >= 0.3 is 0 Å². The van der Waals surface area contributed by atoms with Crippen molar-refractivity contribution in [1.82, 2.24) is 4.90 Å². The zero-order chi connectivity index (χ0) is 10.6. The van der Waals surface area contributed by atoms with Crippen molar-refractivity contribution in [3.8, 4) is 0 Å². The lowest BCUT2D eigenvalue weighted by Crippen LogP contribution is -2.29. The highest BCUT2D eigenvalue weighted by atomic mass is 31.0. The Morgan fingerprint density at radius 3 is 2.36 bits per heavy atom. The molecule has 0 aromatic rings. The number of nitrogens with one attached hydrogen (secondary N) is 1. The van der Waals surface area contributed by atoms with E-state index < -0.39 is 0 Å². The molecule has 3 heteroatoms. The molecule has 1 rings (SSSR count). The molecule has 1 unspecified atom stereocenters. The second kappa shape index (κ2) is 5.31. The maximum Gasteiger partial charge on any atom is 0.0385 e. The molecule has 0 aliphatic carbocycles. The molecule has 78 valence electrons. The van der Waals surface area contributed by atoms with Crippen molar-refractivity contribution >= 4 is 15.5 Å². The monoisotopic (exact) mass is 210 g/mol. The van der Waals surface area contributed by atoms with Gasteiger partial charge in [-0.3, -0.25) is 0 Å². The fourth-order valence-electron chi connectivity index (χ4n) is 1.76. The highest BCUT2D eigenvalue weighted by molar-refractivity contribution is 7.22. The minimum absolute atomic E-state index is 0.955. The molecule has 1 atom stereocenters. The normalized spacial score (nSPS) is 18.9. The number of hydrogen-bond acceptors (Lipinski definition) is 2. The molecular weight excluding hydrogens is 191 g/mol. The molecule has 1 aliphatic heterocycles. The number of piperidine rings is 1. The zero-order valence-corrected chi connectivity index (χ0v) is 10.00. The van der Waals surface area contributed by atoms with Gasteiger partial charge in [0.05, 0.1) is 0 Å². The Bertz CT molecular complexity index is 258. The van der Waals surface area contributed by atoms with Crippen LogP contribution in [-0.4, -0.2) is 24.2 Å². The Kier molecular flexibility index (Phi) is 4.34. The third-order valence-electron chi connectivity index (χ3n) is 2.62. The molecule has 2 nitrogen and oxygen atoms in total. The second-order valence-corrected chi connectivity index (χ2v) is 4.60. The highest BCUT2D eigenvalue weighted by Crippen LogP contribution is 2.22. The van der Waals surface area contributed by atoms with E-state index in [1.165, 1.54) is 25.5 Å². The van der Waals surface area contributed by atoms with Crippen LogP contribution in [0.1, 0.15) is 26.2 Å². The van der Waals surface area contributed by atoms with Gasteiger partial charge in [-0.05, 0) is 31.5 Å². The van der Waals surface area contributed by atoms with Crippen LogP contribution in [0.25, 0.3) is 0 Å². The molecule has 1 saturated heterocycles. The average Bonchev–Trinajstić information content (AvgIpc) is 2.19. The van der Waals surface area contributed by atoms with Gasteiger partial charge < -0.3 is 10.3 Å². The Balaban J connectivity index is 2.72. The first kappa shape index (κ1) is 11.5. The largest absolute Gasteiger partial charge is 0.371 e. The summed E-state index contributed by atoms with van der Waals surface area (Å²) in [5.41, 5.74) is 1.96. The number of rotatable bonds is 3. The van der Waals surface area contributed by atoms with Crippen LogP contribution in [0.5, 0.6) is 0 Å². The van der Waals surface area contributed by atoms with Crippen LogP contribution in [0, 0.1) is 5.41 Å². The van der Waals surface area contributed by atoms with Gasteiger partial charge in [-0.15, -0.1) is 9.24 Å². The van der Waals surface area contributed by atoms with Crippen LogP contribution in [0.4, 0.5) is 0 Å². The maximum absolute atomic E-state index is 7.36. The number of allylic oxidation sites excluding steroid dienone is 2. The van der Waals surface area contributed by atoms with Crippen LogP contribution < -0.4 is 0 Å². The van der Waals surface area contributed by atoms with Crippen LogP contribution in [-0.2, 0) is 0 Å². The quantitative estimate of drug-likeness (QED) is 0.433. The van der Waals surface area contributed by atoms with Gasteiger partial charge in [-0.2, -0.15) is 0 Å². The maximum atomic E-state index is 7.36. The van der Waals surface area contributed by atoms with E-state index in [1.807, 2.05) is 6.92 Å². The van der Waals surface area contributed by atoms with Gasteiger partial charge in [-0.1, -0.05) is 6.58 Å². The third-order valence-corrected chi connectivity index (χ3v) is 2.93. The lowest BCUT2D eigenvalue weighted by atomic mass is 10.1. The summed E-state index contributed by atoms with van der Waals surface area (Å²) in [4.78, 5) is 2.29. The van der Waals surface area contributed by atoms with Crippen LogP contribution >= 0.6 is 9.24 Å². The number of nitrogens with zero attached hydrogens (tertiary/aromatic N) is 1. The summed E-state index contributed by atoms with van der Waals surface area (Å²) in [5, 5.41) is 8.45. The van der Waals surface area contributed by atoms with Gasteiger partial charge in [0.1, 0.15) is 0 Å². The molecule has 0 amide bonds. The molecule has 0 aromatic heterocycles. The van der Waals surface area contributed by atoms with E-state index in [2.05, 4.69) is 20.7 Å². The lowest BCUT2D eigenvalue weighted by Gasteiger charge is -2.31. The molecule has 1 aliphatic rings. The van der Waals surface area contributed by atoms with E-state index >= 15 is 0 Å². The highest BCUT2D eigenvalue weighted by Gasteiger charge is 2.14. The molecule has 1 N–H and O–H groups in total. The van der Waals surface area contributed by atoms with E-state index in [4.69, 9.17) is 5.41 Å². The van der Waals surface area contributed by atoms with Crippen molar-refractivity contribution in [1.29, 1.82) is 5.41 Å². The summed E-state index contributed by atoms with van der Waals surface area (Å²) in [5.74, 6) is 0. The SMILES string of the molecule is C=C(/C(C=N)=C(\C)P)N1CCCCC1. The molecule has 0 spiro atoms. The minimum Gasteiger partial charge on any atom is -0.371 e. The Labute approximate surface area is 88.8 Å². The lowest BCUT2D eigenvalue weighted by molar-refractivity contribution is 0.292. The summed E-state index contributed by atoms with van der Waals surface area (Å²) in [6.45, 7) is 8.26. The summed E-state index contributed by atoms with van der Waals surface area (Å²) < 4.78 is 0. The first-order valence-corrected chi connectivity index (χ1v) is 5.65. The van der Waals surface area contributed by atoms with Crippen LogP contribution in [0.15, 0.2) is 23.2 Å².